The van der Waals surface area contributed by atoms with Crippen LogP contribution in [-0.2, 0) is 4.79 Å². The highest BCUT2D eigenvalue weighted by Crippen LogP contribution is 2.28. The molecule has 1 fully saturated rings. The molecule has 1 amide bonds. The summed E-state index contributed by atoms with van der Waals surface area (Å²) in [6, 6.07) is 17.4. The van der Waals surface area contributed by atoms with Crippen LogP contribution in [0.15, 0.2) is 54.6 Å². The smallest absolute Gasteiger partial charge is 0.229 e. The standard InChI is InChI=1S/C24H25ClN4O2/c1-16-5-7-17(8-6-16)21-10-12-23(28-27-21)29-13-3-4-18(15-29)24(30)26-19-9-11-22(31-2)20(25)14-19/h5-12,14,18H,3-4,13,15H2,1-2H3,(H,26,30)/t18-/m1/s1. The maximum Gasteiger partial charge on any atom is 0.229 e. The molecule has 160 valence electrons. The number of rotatable bonds is 5. The predicted octanol–water partition coefficient (Wildman–Crippen LogP) is 4.97. The fraction of sp³-hybridized carbons (Fsp3) is 0.292. The van der Waals surface area contributed by atoms with Gasteiger partial charge in [-0.25, -0.2) is 0 Å². The number of aromatic nitrogens is 2. The van der Waals surface area contributed by atoms with E-state index in [0.717, 1.165) is 36.5 Å². The van der Waals surface area contributed by atoms with E-state index in [1.165, 1.54) is 5.56 Å². The van der Waals surface area contributed by atoms with E-state index < -0.39 is 0 Å². The van der Waals surface area contributed by atoms with Crippen LogP contribution in [0.3, 0.4) is 0 Å². The molecule has 7 heteroatoms. The highest BCUT2D eigenvalue weighted by molar-refractivity contribution is 6.32. The quantitative estimate of drug-likeness (QED) is 0.611. The Kier molecular flexibility index (Phi) is 6.37. The normalized spacial score (nSPS) is 16.1. The van der Waals surface area contributed by atoms with Crippen molar-refractivity contribution in [1.82, 2.24) is 10.2 Å². The molecule has 0 unspecified atom stereocenters. The molecule has 0 spiro atoms. The first-order chi connectivity index (χ1) is 15.0. The molecule has 3 aromatic rings. The predicted molar refractivity (Wildman–Crippen MR) is 124 cm³/mol. The second-order valence-electron chi connectivity index (χ2n) is 7.77. The van der Waals surface area contributed by atoms with E-state index in [1.54, 1.807) is 25.3 Å². The molecule has 2 aromatic carbocycles. The van der Waals surface area contributed by atoms with Gasteiger partial charge >= 0.3 is 0 Å². The Morgan fingerprint density at radius 2 is 1.94 bits per heavy atom. The molecule has 0 saturated carbocycles. The number of methoxy groups -OCH3 is 1. The average molecular weight is 437 g/mol. The molecule has 1 atom stereocenters. The number of carbonyl (C=O) groups is 1. The lowest BCUT2D eigenvalue weighted by Gasteiger charge is -2.32. The fourth-order valence-corrected chi connectivity index (χ4v) is 4.02. The van der Waals surface area contributed by atoms with E-state index in [2.05, 4.69) is 39.5 Å². The molecule has 0 bridgehead atoms. The number of ether oxygens (including phenoxy) is 1. The number of carbonyl (C=O) groups excluding carboxylic acids is 1. The Morgan fingerprint density at radius 3 is 2.61 bits per heavy atom. The van der Waals surface area contributed by atoms with Crippen LogP contribution < -0.4 is 15.0 Å². The first-order valence-corrected chi connectivity index (χ1v) is 10.7. The van der Waals surface area contributed by atoms with Crippen molar-refractivity contribution < 1.29 is 9.53 Å². The maximum absolute atomic E-state index is 12.8. The lowest BCUT2D eigenvalue weighted by molar-refractivity contribution is -0.120. The number of nitrogens with zero attached hydrogens (tertiary/aromatic N) is 3. The Balaban J connectivity index is 1.41. The summed E-state index contributed by atoms with van der Waals surface area (Å²) in [6.45, 7) is 3.52. The van der Waals surface area contributed by atoms with E-state index >= 15 is 0 Å². The lowest BCUT2D eigenvalue weighted by Crippen LogP contribution is -2.41. The molecule has 6 nitrogen and oxygen atoms in total. The number of benzene rings is 2. The second-order valence-corrected chi connectivity index (χ2v) is 8.17. The number of hydrogen-bond donors (Lipinski definition) is 1. The van der Waals surface area contributed by atoms with Gasteiger partial charge in [-0.15, -0.1) is 10.2 Å². The largest absolute Gasteiger partial charge is 0.495 e. The topological polar surface area (TPSA) is 67.3 Å². The van der Waals surface area contributed by atoms with Crippen molar-refractivity contribution >= 4 is 29.0 Å². The van der Waals surface area contributed by atoms with Crippen molar-refractivity contribution in [3.63, 3.8) is 0 Å². The van der Waals surface area contributed by atoms with Gasteiger partial charge in [0.2, 0.25) is 5.91 Å². The lowest BCUT2D eigenvalue weighted by atomic mass is 9.97. The van der Waals surface area contributed by atoms with E-state index in [9.17, 15) is 4.79 Å². The molecular formula is C24H25ClN4O2. The van der Waals surface area contributed by atoms with E-state index in [1.807, 2.05) is 24.3 Å². The molecule has 1 saturated heterocycles. The molecule has 1 aliphatic heterocycles. The van der Waals surface area contributed by atoms with Gasteiger partial charge in [-0.05, 0) is 50.1 Å². The van der Waals surface area contributed by atoms with Gasteiger partial charge in [-0.3, -0.25) is 4.79 Å². The number of aryl methyl sites for hydroxylation is 1. The minimum atomic E-state index is -0.131. The summed E-state index contributed by atoms with van der Waals surface area (Å²) in [5, 5.41) is 12.3. The Hall–Kier alpha value is -3.12. The van der Waals surface area contributed by atoms with Crippen molar-refractivity contribution in [3.05, 3.63) is 65.2 Å². The zero-order valence-corrected chi connectivity index (χ0v) is 18.4. The van der Waals surface area contributed by atoms with Crippen molar-refractivity contribution in [2.45, 2.75) is 19.8 Å². The minimum Gasteiger partial charge on any atom is -0.495 e. The van der Waals surface area contributed by atoms with Gasteiger partial charge in [0, 0.05) is 24.3 Å². The van der Waals surface area contributed by atoms with Crippen molar-refractivity contribution in [1.29, 1.82) is 0 Å². The Labute approximate surface area is 187 Å². The van der Waals surface area contributed by atoms with Crippen LogP contribution in [0.4, 0.5) is 11.5 Å². The van der Waals surface area contributed by atoms with Gasteiger partial charge < -0.3 is 15.0 Å². The molecule has 1 aliphatic rings. The first-order valence-electron chi connectivity index (χ1n) is 10.3. The Bertz CT molecular complexity index is 1050. The monoisotopic (exact) mass is 436 g/mol. The van der Waals surface area contributed by atoms with Gasteiger partial charge in [0.05, 0.1) is 23.7 Å². The highest BCUT2D eigenvalue weighted by atomic mass is 35.5. The van der Waals surface area contributed by atoms with Crippen LogP contribution in [0.2, 0.25) is 5.02 Å². The van der Waals surface area contributed by atoms with Crippen LogP contribution in [0.5, 0.6) is 5.75 Å². The van der Waals surface area contributed by atoms with Crippen molar-refractivity contribution in [2.75, 3.05) is 30.4 Å². The third kappa shape index (κ3) is 4.97. The highest BCUT2D eigenvalue weighted by Gasteiger charge is 2.27. The molecule has 0 aliphatic carbocycles. The SMILES string of the molecule is COc1ccc(NC(=O)[C@@H]2CCCN(c3ccc(-c4ccc(C)cc4)nn3)C2)cc1Cl. The summed E-state index contributed by atoms with van der Waals surface area (Å²) in [5.74, 6) is 1.22. The van der Waals surface area contributed by atoms with Gasteiger partial charge in [-0.2, -0.15) is 0 Å². The van der Waals surface area contributed by atoms with Crippen molar-refractivity contribution in [2.24, 2.45) is 5.92 Å². The number of nitrogens with one attached hydrogen (secondary N) is 1. The summed E-state index contributed by atoms with van der Waals surface area (Å²) < 4.78 is 5.16. The number of anilines is 2. The molecule has 31 heavy (non-hydrogen) atoms. The average Bonchev–Trinajstić information content (AvgIpc) is 2.80. The van der Waals surface area contributed by atoms with Crippen LogP contribution in [-0.4, -0.2) is 36.3 Å². The van der Waals surface area contributed by atoms with Gasteiger partial charge in [0.25, 0.3) is 0 Å². The van der Waals surface area contributed by atoms with E-state index in [0.29, 0.717) is 23.0 Å². The second kappa shape index (κ2) is 9.35. The number of halogens is 1. The molecule has 1 N–H and O–H groups in total. The molecular weight excluding hydrogens is 412 g/mol. The summed E-state index contributed by atoms with van der Waals surface area (Å²) in [6.07, 6.45) is 1.75. The summed E-state index contributed by atoms with van der Waals surface area (Å²) in [5.41, 5.74) is 3.75. The number of amides is 1. The van der Waals surface area contributed by atoms with Crippen molar-refractivity contribution in [3.8, 4) is 17.0 Å². The first kappa shape index (κ1) is 21.1. The molecule has 1 aromatic heterocycles. The minimum absolute atomic E-state index is 0.0184. The van der Waals surface area contributed by atoms with E-state index in [-0.39, 0.29) is 11.8 Å². The summed E-state index contributed by atoms with van der Waals surface area (Å²) in [7, 11) is 1.56. The zero-order chi connectivity index (χ0) is 21.8. The Morgan fingerprint density at radius 1 is 1.13 bits per heavy atom. The maximum atomic E-state index is 12.8. The number of piperidine rings is 1. The molecule has 4 rings (SSSR count). The number of hydrogen-bond acceptors (Lipinski definition) is 5. The molecule has 0 radical (unpaired) electrons. The third-order valence-electron chi connectivity index (χ3n) is 5.53. The zero-order valence-electron chi connectivity index (χ0n) is 17.6. The van der Waals surface area contributed by atoms with Crippen LogP contribution in [0.1, 0.15) is 18.4 Å². The molecule has 2 heterocycles. The van der Waals surface area contributed by atoms with E-state index in [4.69, 9.17) is 16.3 Å². The fourth-order valence-electron chi connectivity index (χ4n) is 3.76. The van der Waals surface area contributed by atoms with Crippen LogP contribution in [0.25, 0.3) is 11.3 Å². The summed E-state index contributed by atoms with van der Waals surface area (Å²) >= 11 is 6.17. The van der Waals surface area contributed by atoms with Crippen LogP contribution in [0, 0.1) is 12.8 Å². The van der Waals surface area contributed by atoms with Gasteiger partial charge in [0.1, 0.15) is 5.75 Å². The van der Waals surface area contributed by atoms with Gasteiger partial charge in [0.15, 0.2) is 5.82 Å². The summed E-state index contributed by atoms with van der Waals surface area (Å²) in [4.78, 5) is 15.0. The van der Waals surface area contributed by atoms with Gasteiger partial charge in [-0.1, -0.05) is 41.4 Å². The third-order valence-corrected chi connectivity index (χ3v) is 5.83. The van der Waals surface area contributed by atoms with Crippen LogP contribution >= 0.6 is 11.6 Å².